The Kier molecular flexibility index (Phi) is 7.20. The summed E-state index contributed by atoms with van der Waals surface area (Å²) in [5.41, 5.74) is -0.906. The highest BCUT2D eigenvalue weighted by molar-refractivity contribution is 8.22. The third kappa shape index (κ3) is 5.66. The number of rotatable bonds is 6. The van der Waals surface area contributed by atoms with E-state index in [0.717, 1.165) is 17.8 Å². The quantitative estimate of drug-likeness (QED) is 0.528. The predicted molar refractivity (Wildman–Crippen MR) is 126 cm³/mol. The Hall–Kier alpha value is -2.63. The van der Waals surface area contributed by atoms with E-state index in [2.05, 4.69) is 15.0 Å². The number of thioether (sulfide) groups is 1. The molecule has 1 N–H and O–H groups in total. The van der Waals surface area contributed by atoms with Crippen molar-refractivity contribution in [3.63, 3.8) is 0 Å². The molecule has 0 saturated carbocycles. The van der Waals surface area contributed by atoms with Crippen LogP contribution >= 0.6 is 24.0 Å². The minimum Gasteiger partial charge on any atom is -0.382 e. The van der Waals surface area contributed by atoms with Gasteiger partial charge < -0.3 is 14.9 Å². The first-order valence-electron chi connectivity index (χ1n) is 10.3. The number of halogens is 3. The second-order valence-electron chi connectivity index (χ2n) is 7.76. The highest BCUT2D eigenvalue weighted by Gasteiger charge is 2.35. The predicted octanol–water partition coefficient (Wildman–Crippen LogP) is 3.42. The maximum Gasteiger partial charge on any atom is 0.137 e. The lowest BCUT2D eigenvalue weighted by Crippen LogP contribution is -2.48. The molecule has 0 radical (unpaired) electrons. The number of aromatic nitrogens is 3. The molecule has 174 valence electrons. The number of thiocarbonyl (C=S) groups is 1. The van der Waals surface area contributed by atoms with Crippen molar-refractivity contribution in [2.45, 2.75) is 12.1 Å². The van der Waals surface area contributed by atoms with Gasteiger partial charge in [-0.15, -0.1) is 0 Å². The van der Waals surface area contributed by atoms with Crippen LogP contribution in [0.15, 0.2) is 55.1 Å². The number of nitrogens with zero attached hydrogens (tertiary/aromatic N) is 5. The van der Waals surface area contributed by atoms with Crippen LogP contribution in [0.4, 0.5) is 18.9 Å². The molecule has 1 saturated heterocycles. The minimum atomic E-state index is -1.69. The Bertz CT molecular complexity index is 1110. The van der Waals surface area contributed by atoms with Gasteiger partial charge in [-0.25, -0.2) is 22.8 Å². The molecular formula is C22H22F3N5OS2. The van der Waals surface area contributed by atoms with Crippen LogP contribution in [0.1, 0.15) is 5.56 Å². The summed E-state index contributed by atoms with van der Waals surface area (Å²) in [4.78, 5) is 7.95. The maximum atomic E-state index is 14.6. The molecule has 4 rings (SSSR count). The molecule has 33 heavy (non-hydrogen) atoms. The van der Waals surface area contributed by atoms with Crippen molar-refractivity contribution < 1.29 is 18.3 Å². The first-order chi connectivity index (χ1) is 15.8. The van der Waals surface area contributed by atoms with Crippen LogP contribution in [0, 0.1) is 17.5 Å². The fourth-order valence-electron chi connectivity index (χ4n) is 3.75. The fraction of sp³-hybridized carbons (Fsp3) is 0.318. The molecule has 1 fully saturated rings. The second-order valence-corrected chi connectivity index (χ2v) is 9.37. The summed E-state index contributed by atoms with van der Waals surface area (Å²) in [6.45, 7) is 2.53. The largest absolute Gasteiger partial charge is 0.382 e. The Labute approximate surface area is 199 Å². The zero-order chi connectivity index (χ0) is 23.4. The zero-order valence-electron chi connectivity index (χ0n) is 17.6. The molecule has 1 aliphatic rings. The van der Waals surface area contributed by atoms with Crippen LogP contribution in [-0.2, 0) is 12.1 Å². The van der Waals surface area contributed by atoms with Crippen LogP contribution in [-0.4, -0.2) is 61.0 Å². The first kappa shape index (κ1) is 23.5. The normalized spacial score (nSPS) is 16.0. The van der Waals surface area contributed by atoms with Crippen molar-refractivity contribution in [2.75, 3.05) is 36.8 Å². The standard InChI is InChI=1S/C22H22F3N5OS2/c23-16-2-1-3-18(10-16)28-6-8-29(9-7-28)21(32)33-13-22(31,12-30-15-26-14-27-30)19-5-4-17(24)11-20(19)25/h1-5,10-11,14-15,31H,6-9,12-13H2. The van der Waals surface area contributed by atoms with Gasteiger partial charge in [-0.1, -0.05) is 36.1 Å². The summed E-state index contributed by atoms with van der Waals surface area (Å²) in [5.74, 6) is -1.80. The van der Waals surface area contributed by atoms with E-state index in [1.54, 1.807) is 6.07 Å². The Morgan fingerprint density at radius 3 is 2.48 bits per heavy atom. The van der Waals surface area contributed by atoms with Gasteiger partial charge in [-0.2, -0.15) is 5.10 Å². The van der Waals surface area contributed by atoms with Crippen LogP contribution in [0.3, 0.4) is 0 Å². The monoisotopic (exact) mass is 493 g/mol. The highest BCUT2D eigenvalue weighted by atomic mass is 32.2. The molecule has 1 unspecified atom stereocenters. The average Bonchev–Trinajstić information content (AvgIpc) is 3.30. The van der Waals surface area contributed by atoms with E-state index in [0.29, 0.717) is 30.5 Å². The number of benzene rings is 2. The molecule has 3 aromatic rings. The molecule has 1 atom stereocenters. The van der Waals surface area contributed by atoms with Gasteiger partial charge in [0, 0.05) is 49.2 Å². The number of hydrogen-bond acceptors (Lipinski definition) is 6. The van der Waals surface area contributed by atoms with Crippen LogP contribution in [0.25, 0.3) is 0 Å². The number of piperazine rings is 1. The van der Waals surface area contributed by atoms with Gasteiger partial charge >= 0.3 is 0 Å². The van der Waals surface area contributed by atoms with Crippen molar-refractivity contribution in [3.05, 3.63) is 78.1 Å². The van der Waals surface area contributed by atoms with Gasteiger partial charge in [-0.05, 0) is 24.3 Å². The lowest BCUT2D eigenvalue weighted by atomic mass is 9.95. The van der Waals surface area contributed by atoms with Gasteiger partial charge in [0.25, 0.3) is 0 Å². The smallest absolute Gasteiger partial charge is 0.137 e. The molecule has 2 heterocycles. The summed E-state index contributed by atoms with van der Waals surface area (Å²) in [6.07, 6.45) is 2.73. The van der Waals surface area contributed by atoms with E-state index < -0.39 is 17.2 Å². The summed E-state index contributed by atoms with van der Waals surface area (Å²) < 4.78 is 43.5. The SMILES string of the molecule is OC(CSC(=S)N1CCN(c2cccc(F)c2)CC1)(Cn1cncn1)c1ccc(F)cc1F. The lowest BCUT2D eigenvalue weighted by molar-refractivity contribution is 0.0362. The molecule has 0 aliphatic carbocycles. The van der Waals surface area contributed by atoms with E-state index >= 15 is 0 Å². The van der Waals surface area contributed by atoms with Crippen LogP contribution in [0.2, 0.25) is 0 Å². The third-order valence-electron chi connectivity index (χ3n) is 5.47. The van der Waals surface area contributed by atoms with E-state index in [4.69, 9.17) is 12.2 Å². The minimum absolute atomic E-state index is 0.0365. The van der Waals surface area contributed by atoms with Crippen molar-refractivity contribution in [1.82, 2.24) is 19.7 Å². The molecule has 0 spiro atoms. The van der Waals surface area contributed by atoms with Crippen molar-refractivity contribution in [2.24, 2.45) is 0 Å². The first-order valence-corrected chi connectivity index (χ1v) is 11.7. The van der Waals surface area contributed by atoms with Gasteiger partial charge in [0.2, 0.25) is 0 Å². The van der Waals surface area contributed by atoms with E-state index in [1.807, 2.05) is 11.0 Å². The van der Waals surface area contributed by atoms with Gasteiger partial charge in [0.15, 0.2) is 0 Å². The number of aliphatic hydroxyl groups is 1. The van der Waals surface area contributed by atoms with E-state index in [-0.39, 0.29) is 23.7 Å². The average molecular weight is 494 g/mol. The molecule has 11 heteroatoms. The molecular weight excluding hydrogens is 471 g/mol. The van der Waals surface area contributed by atoms with E-state index in [9.17, 15) is 18.3 Å². The zero-order valence-corrected chi connectivity index (χ0v) is 19.2. The maximum absolute atomic E-state index is 14.6. The number of anilines is 1. The van der Waals surface area contributed by atoms with Crippen LogP contribution in [0.5, 0.6) is 0 Å². The molecule has 0 amide bonds. The van der Waals surface area contributed by atoms with Gasteiger partial charge in [-0.3, -0.25) is 0 Å². The molecule has 1 aliphatic heterocycles. The molecule has 2 aromatic carbocycles. The van der Waals surface area contributed by atoms with Crippen molar-refractivity contribution in [3.8, 4) is 0 Å². The second kappa shape index (κ2) is 10.1. The summed E-state index contributed by atoms with van der Waals surface area (Å²) in [6, 6.07) is 9.56. The molecule has 1 aromatic heterocycles. The van der Waals surface area contributed by atoms with Gasteiger partial charge in [0.05, 0.1) is 6.54 Å². The third-order valence-corrected chi connectivity index (χ3v) is 7.21. The Morgan fingerprint density at radius 1 is 1.06 bits per heavy atom. The Morgan fingerprint density at radius 2 is 1.82 bits per heavy atom. The van der Waals surface area contributed by atoms with Gasteiger partial charge in [0.1, 0.15) is 40.0 Å². The molecule has 6 nitrogen and oxygen atoms in total. The van der Waals surface area contributed by atoms with E-state index in [1.165, 1.54) is 47.3 Å². The van der Waals surface area contributed by atoms with Crippen LogP contribution < -0.4 is 4.90 Å². The van der Waals surface area contributed by atoms with Crippen molar-refractivity contribution >= 4 is 34.0 Å². The summed E-state index contributed by atoms with van der Waals surface area (Å²) in [7, 11) is 0. The summed E-state index contributed by atoms with van der Waals surface area (Å²) >= 11 is 6.81. The Balaban J connectivity index is 1.42. The summed E-state index contributed by atoms with van der Waals surface area (Å²) in [5, 5.41) is 15.4. The fourth-order valence-corrected chi connectivity index (χ4v) is 5.08. The highest BCUT2D eigenvalue weighted by Crippen LogP contribution is 2.31. The number of hydrogen-bond donors (Lipinski definition) is 1. The topological polar surface area (TPSA) is 57.4 Å². The lowest BCUT2D eigenvalue weighted by Gasteiger charge is -2.38. The van der Waals surface area contributed by atoms with Crippen molar-refractivity contribution in [1.29, 1.82) is 0 Å². The molecule has 0 bridgehead atoms.